The van der Waals surface area contributed by atoms with Crippen molar-refractivity contribution in [3.63, 3.8) is 0 Å². The van der Waals surface area contributed by atoms with E-state index in [-0.39, 0.29) is 6.10 Å². The van der Waals surface area contributed by atoms with E-state index in [1.165, 1.54) is 0 Å². The molecule has 0 spiro atoms. The SMILES string of the molecule is COc1cccc(OC(C)CC(C)(NC2CC2)C(=O)O)c1. The van der Waals surface area contributed by atoms with Gasteiger partial charge in [0.2, 0.25) is 0 Å². The van der Waals surface area contributed by atoms with Crippen LogP contribution in [0.4, 0.5) is 0 Å². The highest BCUT2D eigenvalue weighted by atomic mass is 16.5. The van der Waals surface area contributed by atoms with Crippen LogP contribution >= 0.6 is 0 Å². The molecule has 0 radical (unpaired) electrons. The number of benzene rings is 1. The summed E-state index contributed by atoms with van der Waals surface area (Å²) in [7, 11) is 1.60. The third-order valence-electron chi connectivity index (χ3n) is 3.65. The van der Waals surface area contributed by atoms with Gasteiger partial charge in [-0.3, -0.25) is 10.1 Å². The zero-order valence-electron chi connectivity index (χ0n) is 12.8. The van der Waals surface area contributed by atoms with Gasteiger partial charge >= 0.3 is 5.97 Å². The Balaban J connectivity index is 1.97. The van der Waals surface area contributed by atoms with Crippen LogP contribution in [0.1, 0.15) is 33.1 Å². The standard InChI is InChI=1S/C16H23NO4/c1-11(21-14-6-4-5-13(9-14)20-3)10-16(2,15(18)19)17-12-7-8-12/h4-6,9,11-12,17H,7-8,10H2,1-3H3,(H,18,19). The van der Waals surface area contributed by atoms with Crippen LogP contribution in [-0.4, -0.2) is 35.9 Å². The molecule has 0 saturated heterocycles. The molecule has 2 N–H and O–H groups in total. The van der Waals surface area contributed by atoms with Crippen molar-refractivity contribution in [1.82, 2.24) is 5.32 Å². The van der Waals surface area contributed by atoms with E-state index in [4.69, 9.17) is 9.47 Å². The molecule has 0 aliphatic heterocycles. The molecular weight excluding hydrogens is 270 g/mol. The van der Waals surface area contributed by atoms with Gasteiger partial charge in [0.25, 0.3) is 0 Å². The molecule has 1 aromatic carbocycles. The van der Waals surface area contributed by atoms with Crippen molar-refractivity contribution in [3.05, 3.63) is 24.3 Å². The summed E-state index contributed by atoms with van der Waals surface area (Å²) in [6, 6.07) is 7.65. The minimum Gasteiger partial charge on any atom is -0.497 e. The first-order valence-electron chi connectivity index (χ1n) is 7.25. The molecule has 0 bridgehead atoms. The van der Waals surface area contributed by atoms with Gasteiger partial charge in [0.15, 0.2) is 0 Å². The Bertz CT molecular complexity index is 501. The summed E-state index contributed by atoms with van der Waals surface area (Å²) in [4.78, 5) is 11.5. The third kappa shape index (κ3) is 4.36. The van der Waals surface area contributed by atoms with Crippen LogP contribution in [0.25, 0.3) is 0 Å². The Labute approximate surface area is 125 Å². The molecular formula is C16H23NO4. The number of carboxylic acid groups (broad SMARTS) is 1. The average molecular weight is 293 g/mol. The zero-order chi connectivity index (χ0) is 15.5. The maximum absolute atomic E-state index is 11.5. The van der Waals surface area contributed by atoms with Crippen molar-refractivity contribution >= 4 is 5.97 Å². The first kappa shape index (κ1) is 15.6. The van der Waals surface area contributed by atoms with E-state index in [1.54, 1.807) is 20.1 Å². The molecule has 1 aliphatic carbocycles. The summed E-state index contributed by atoms with van der Waals surface area (Å²) < 4.78 is 11.0. The fourth-order valence-electron chi connectivity index (χ4n) is 2.41. The lowest BCUT2D eigenvalue weighted by molar-refractivity contribution is -0.145. The molecule has 5 heteroatoms. The molecule has 1 aliphatic rings. The number of rotatable bonds is 8. The molecule has 1 saturated carbocycles. The molecule has 0 heterocycles. The second-order valence-corrected chi connectivity index (χ2v) is 5.87. The lowest BCUT2D eigenvalue weighted by atomic mass is 9.94. The van der Waals surface area contributed by atoms with Crippen LogP contribution in [0.5, 0.6) is 11.5 Å². The van der Waals surface area contributed by atoms with Gasteiger partial charge in [-0.15, -0.1) is 0 Å². The van der Waals surface area contributed by atoms with Gasteiger partial charge in [0, 0.05) is 18.5 Å². The van der Waals surface area contributed by atoms with Gasteiger partial charge in [0.05, 0.1) is 13.2 Å². The summed E-state index contributed by atoms with van der Waals surface area (Å²) in [6.45, 7) is 3.61. The Morgan fingerprint density at radius 3 is 2.71 bits per heavy atom. The lowest BCUT2D eigenvalue weighted by Gasteiger charge is -2.29. The maximum atomic E-state index is 11.5. The maximum Gasteiger partial charge on any atom is 0.323 e. The number of ether oxygens (including phenoxy) is 2. The minimum absolute atomic E-state index is 0.218. The van der Waals surface area contributed by atoms with Crippen LogP contribution in [-0.2, 0) is 4.79 Å². The lowest BCUT2D eigenvalue weighted by Crippen LogP contribution is -2.52. The molecule has 5 nitrogen and oxygen atoms in total. The highest BCUT2D eigenvalue weighted by molar-refractivity contribution is 5.78. The number of hydrogen-bond donors (Lipinski definition) is 2. The summed E-state index contributed by atoms with van der Waals surface area (Å²) in [5.74, 6) is 0.563. The number of carbonyl (C=O) groups is 1. The number of methoxy groups -OCH3 is 1. The Kier molecular flexibility index (Phi) is 4.73. The van der Waals surface area contributed by atoms with Gasteiger partial charge in [-0.1, -0.05) is 6.07 Å². The summed E-state index contributed by atoms with van der Waals surface area (Å²) >= 11 is 0. The van der Waals surface area contributed by atoms with E-state index in [9.17, 15) is 9.90 Å². The topological polar surface area (TPSA) is 67.8 Å². The van der Waals surface area contributed by atoms with Gasteiger partial charge in [-0.05, 0) is 38.8 Å². The molecule has 2 rings (SSSR count). The Morgan fingerprint density at radius 1 is 1.48 bits per heavy atom. The summed E-state index contributed by atoms with van der Waals surface area (Å²) in [6.07, 6.45) is 2.28. The molecule has 2 atom stereocenters. The predicted octanol–water partition coefficient (Wildman–Crippen LogP) is 2.45. The van der Waals surface area contributed by atoms with E-state index < -0.39 is 11.5 Å². The van der Waals surface area contributed by atoms with E-state index >= 15 is 0 Å². The fraction of sp³-hybridized carbons (Fsp3) is 0.562. The average Bonchev–Trinajstić information content (AvgIpc) is 3.22. The van der Waals surface area contributed by atoms with Crippen LogP contribution < -0.4 is 14.8 Å². The van der Waals surface area contributed by atoms with Gasteiger partial charge in [-0.25, -0.2) is 0 Å². The summed E-state index contributed by atoms with van der Waals surface area (Å²) in [5.41, 5.74) is -0.959. The fourth-order valence-corrected chi connectivity index (χ4v) is 2.41. The zero-order valence-corrected chi connectivity index (χ0v) is 12.8. The van der Waals surface area contributed by atoms with Gasteiger partial charge in [-0.2, -0.15) is 0 Å². The van der Waals surface area contributed by atoms with Crippen molar-refractivity contribution in [2.75, 3.05) is 7.11 Å². The Morgan fingerprint density at radius 2 is 2.14 bits per heavy atom. The normalized spacial score (nSPS) is 18.6. The molecule has 0 aromatic heterocycles. The van der Waals surface area contributed by atoms with Crippen LogP contribution in [0.2, 0.25) is 0 Å². The summed E-state index contributed by atoms with van der Waals surface area (Å²) in [5, 5.41) is 12.7. The van der Waals surface area contributed by atoms with Crippen molar-refractivity contribution in [2.45, 2.75) is 50.8 Å². The predicted molar refractivity (Wildman–Crippen MR) is 79.9 cm³/mol. The number of carboxylic acids is 1. The van der Waals surface area contributed by atoms with Crippen molar-refractivity contribution in [2.24, 2.45) is 0 Å². The van der Waals surface area contributed by atoms with E-state index in [1.807, 2.05) is 25.1 Å². The highest BCUT2D eigenvalue weighted by Gasteiger charge is 2.39. The second kappa shape index (κ2) is 6.35. The second-order valence-electron chi connectivity index (χ2n) is 5.87. The highest BCUT2D eigenvalue weighted by Crippen LogP contribution is 2.27. The first-order valence-corrected chi connectivity index (χ1v) is 7.25. The number of nitrogens with one attached hydrogen (secondary N) is 1. The number of aliphatic carboxylic acids is 1. The third-order valence-corrected chi connectivity index (χ3v) is 3.65. The molecule has 21 heavy (non-hydrogen) atoms. The largest absolute Gasteiger partial charge is 0.497 e. The van der Waals surface area contributed by atoms with Crippen molar-refractivity contribution in [1.29, 1.82) is 0 Å². The van der Waals surface area contributed by atoms with Crippen molar-refractivity contribution < 1.29 is 19.4 Å². The molecule has 2 unspecified atom stereocenters. The van der Waals surface area contributed by atoms with E-state index in [0.717, 1.165) is 18.6 Å². The molecule has 116 valence electrons. The van der Waals surface area contributed by atoms with Crippen LogP contribution in [0, 0.1) is 0 Å². The minimum atomic E-state index is -0.959. The van der Waals surface area contributed by atoms with Crippen LogP contribution in [0.3, 0.4) is 0 Å². The van der Waals surface area contributed by atoms with Crippen molar-refractivity contribution in [3.8, 4) is 11.5 Å². The molecule has 0 amide bonds. The quantitative estimate of drug-likeness (QED) is 0.770. The van der Waals surface area contributed by atoms with Crippen LogP contribution in [0.15, 0.2) is 24.3 Å². The molecule has 1 aromatic rings. The Hall–Kier alpha value is -1.75. The number of hydrogen-bond acceptors (Lipinski definition) is 4. The van der Waals surface area contributed by atoms with Gasteiger partial charge in [0.1, 0.15) is 17.0 Å². The molecule has 1 fully saturated rings. The van der Waals surface area contributed by atoms with E-state index in [0.29, 0.717) is 18.2 Å². The van der Waals surface area contributed by atoms with E-state index in [2.05, 4.69) is 5.32 Å². The first-order chi connectivity index (χ1) is 9.93. The monoisotopic (exact) mass is 293 g/mol. The smallest absolute Gasteiger partial charge is 0.323 e. The van der Waals surface area contributed by atoms with Gasteiger partial charge < -0.3 is 14.6 Å².